The first-order valence-electron chi connectivity index (χ1n) is 12.3. The van der Waals surface area contributed by atoms with Gasteiger partial charge in [-0.15, -0.1) is 6.58 Å². The van der Waals surface area contributed by atoms with Crippen molar-refractivity contribution in [3.63, 3.8) is 0 Å². The minimum absolute atomic E-state index is 0.117. The summed E-state index contributed by atoms with van der Waals surface area (Å²) in [6.45, 7) is 7.59. The van der Waals surface area contributed by atoms with E-state index in [0.717, 1.165) is 25.7 Å². The van der Waals surface area contributed by atoms with Crippen LogP contribution in [-0.2, 0) is 14.2 Å². The molecule has 32 heavy (non-hydrogen) atoms. The van der Waals surface area contributed by atoms with Crippen molar-refractivity contribution in [1.29, 1.82) is 0 Å². The molecule has 0 saturated heterocycles. The molecule has 184 valence electrons. The van der Waals surface area contributed by atoms with E-state index in [4.69, 9.17) is 25.7 Å². The van der Waals surface area contributed by atoms with E-state index < -0.39 is 11.4 Å². The van der Waals surface area contributed by atoms with Gasteiger partial charge in [0.15, 0.2) is 0 Å². The molecule has 1 aromatic carbocycles. The Kier molecular flexibility index (Phi) is 14.0. The summed E-state index contributed by atoms with van der Waals surface area (Å²) in [7, 11) is 4.97. The molecular formula is C27H48N2O3. The topological polar surface area (TPSA) is 79.7 Å². The number of unbranched alkanes of at least 4 members (excludes halogenated alkanes) is 4. The highest BCUT2D eigenvalue weighted by Gasteiger charge is 2.58. The zero-order valence-corrected chi connectivity index (χ0v) is 21.0. The van der Waals surface area contributed by atoms with Crippen LogP contribution >= 0.6 is 0 Å². The first-order valence-corrected chi connectivity index (χ1v) is 12.3. The van der Waals surface area contributed by atoms with Crippen LogP contribution in [0.3, 0.4) is 0 Å². The van der Waals surface area contributed by atoms with E-state index in [9.17, 15) is 0 Å². The maximum Gasteiger partial charge on any atom is 0.288 e. The van der Waals surface area contributed by atoms with Crippen molar-refractivity contribution in [2.45, 2.75) is 76.6 Å². The molecule has 4 N–H and O–H groups in total. The number of ether oxygens (including phenoxy) is 3. The first-order chi connectivity index (χ1) is 15.6. The summed E-state index contributed by atoms with van der Waals surface area (Å²) in [5, 5.41) is 0. The fraction of sp³-hybridized carbons (Fsp3) is 0.704. The summed E-state index contributed by atoms with van der Waals surface area (Å²) in [5.74, 6) is -0.934. The number of benzene rings is 1. The zero-order chi connectivity index (χ0) is 23.9. The van der Waals surface area contributed by atoms with Crippen molar-refractivity contribution in [1.82, 2.24) is 0 Å². The van der Waals surface area contributed by atoms with Gasteiger partial charge in [0, 0.05) is 27.2 Å². The van der Waals surface area contributed by atoms with Gasteiger partial charge in [0.25, 0.3) is 5.97 Å². The summed E-state index contributed by atoms with van der Waals surface area (Å²) >= 11 is 0. The van der Waals surface area contributed by atoms with E-state index in [-0.39, 0.29) is 11.8 Å². The van der Waals surface area contributed by atoms with Gasteiger partial charge in [-0.1, -0.05) is 75.4 Å². The highest BCUT2D eigenvalue weighted by Crippen LogP contribution is 2.55. The summed E-state index contributed by atoms with van der Waals surface area (Å²) in [4.78, 5) is 0. The first kappa shape index (κ1) is 28.8. The predicted octanol–water partition coefficient (Wildman–Crippen LogP) is 5.60. The van der Waals surface area contributed by atoms with Crippen LogP contribution in [0.4, 0.5) is 0 Å². The van der Waals surface area contributed by atoms with Crippen LogP contribution in [0.1, 0.15) is 76.2 Å². The molecule has 0 heterocycles. The summed E-state index contributed by atoms with van der Waals surface area (Å²) in [6, 6.07) is 10.6. The molecule has 0 bridgehead atoms. The molecule has 0 radical (unpaired) electrons. The molecule has 0 fully saturated rings. The molecule has 0 aliphatic rings. The monoisotopic (exact) mass is 448 g/mol. The quantitative estimate of drug-likeness (QED) is 0.164. The van der Waals surface area contributed by atoms with Crippen molar-refractivity contribution in [2.24, 2.45) is 22.8 Å². The van der Waals surface area contributed by atoms with Crippen molar-refractivity contribution < 1.29 is 14.2 Å². The second-order valence-corrected chi connectivity index (χ2v) is 8.74. The summed E-state index contributed by atoms with van der Waals surface area (Å²) in [5.41, 5.74) is 13.0. The normalized spacial score (nSPS) is 15.8. The molecule has 0 aliphatic carbocycles. The number of hydrogen-bond acceptors (Lipinski definition) is 5. The van der Waals surface area contributed by atoms with Gasteiger partial charge in [0.05, 0.1) is 5.41 Å². The molecule has 1 aromatic rings. The summed E-state index contributed by atoms with van der Waals surface area (Å²) < 4.78 is 18.1. The standard InChI is InChI=1S/C27H48N2O3/c1-6-8-9-10-14-18-25(24(7-2)23-16-12-11-13-17-23)26(20-22-29,19-15-21-28)27(30-3,31-4)32-5/h7,11-13,16-17,24-25H,2,6,8-10,14-15,18-22,28-29H2,1,3-5H3. The minimum Gasteiger partial charge on any atom is -0.330 e. The highest BCUT2D eigenvalue weighted by atomic mass is 16.9. The SMILES string of the molecule is C=CC(c1ccccc1)C(CCCCCCC)C(CCN)(CCCN)C(OC)(OC)OC. The van der Waals surface area contributed by atoms with Crippen molar-refractivity contribution in [3.8, 4) is 0 Å². The third kappa shape index (κ3) is 6.88. The maximum absolute atomic E-state index is 6.24. The van der Waals surface area contributed by atoms with Gasteiger partial charge >= 0.3 is 0 Å². The van der Waals surface area contributed by atoms with E-state index in [0.29, 0.717) is 19.5 Å². The molecule has 5 heteroatoms. The Morgan fingerprint density at radius 3 is 2.00 bits per heavy atom. The largest absolute Gasteiger partial charge is 0.330 e. The fourth-order valence-corrected chi connectivity index (χ4v) is 5.54. The third-order valence-corrected chi connectivity index (χ3v) is 7.03. The van der Waals surface area contributed by atoms with E-state index in [2.05, 4.69) is 49.9 Å². The van der Waals surface area contributed by atoms with Gasteiger partial charge in [-0.2, -0.15) is 0 Å². The molecule has 0 amide bonds. The minimum atomic E-state index is -1.22. The number of hydrogen-bond donors (Lipinski definition) is 2. The smallest absolute Gasteiger partial charge is 0.288 e. The van der Waals surface area contributed by atoms with Gasteiger partial charge in [-0.3, -0.25) is 0 Å². The molecular weight excluding hydrogens is 400 g/mol. The second-order valence-electron chi connectivity index (χ2n) is 8.74. The van der Waals surface area contributed by atoms with Crippen LogP contribution in [0.15, 0.2) is 43.0 Å². The Morgan fingerprint density at radius 2 is 1.50 bits per heavy atom. The Balaban J connectivity index is 3.59. The van der Waals surface area contributed by atoms with Crippen LogP contribution < -0.4 is 11.5 Å². The third-order valence-electron chi connectivity index (χ3n) is 7.03. The molecule has 5 nitrogen and oxygen atoms in total. The molecule has 0 aromatic heterocycles. The number of methoxy groups -OCH3 is 3. The predicted molar refractivity (Wildman–Crippen MR) is 134 cm³/mol. The van der Waals surface area contributed by atoms with E-state index in [1.54, 1.807) is 21.3 Å². The maximum atomic E-state index is 6.24. The van der Waals surface area contributed by atoms with Gasteiger partial charge in [-0.05, 0) is 50.3 Å². The lowest BCUT2D eigenvalue weighted by atomic mass is 9.60. The Hall–Kier alpha value is -1.24. The van der Waals surface area contributed by atoms with Crippen LogP contribution in [0.5, 0.6) is 0 Å². The Morgan fingerprint density at radius 1 is 0.875 bits per heavy atom. The van der Waals surface area contributed by atoms with Crippen molar-refractivity contribution in [3.05, 3.63) is 48.6 Å². The van der Waals surface area contributed by atoms with Crippen LogP contribution in [0, 0.1) is 11.3 Å². The number of nitrogens with two attached hydrogens (primary N) is 2. The van der Waals surface area contributed by atoms with Crippen LogP contribution in [0.2, 0.25) is 0 Å². The fourth-order valence-electron chi connectivity index (χ4n) is 5.54. The molecule has 0 saturated carbocycles. The van der Waals surface area contributed by atoms with Crippen LogP contribution in [0.25, 0.3) is 0 Å². The average molecular weight is 449 g/mol. The molecule has 3 atom stereocenters. The lowest BCUT2D eigenvalue weighted by Gasteiger charge is -2.53. The van der Waals surface area contributed by atoms with E-state index >= 15 is 0 Å². The summed E-state index contributed by atoms with van der Waals surface area (Å²) in [6.07, 6.45) is 11.5. The highest BCUT2D eigenvalue weighted by molar-refractivity contribution is 5.25. The number of rotatable bonds is 19. The number of allylic oxidation sites excluding steroid dienone is 1. The molecule has 1 rings (SSSR count). The zero-order valence-electron chi connectivity index (χ0n) is 21.0. The Bertz CT molecular complexity index is 598. The Labute approximate surface area is 196 Å². The average Bonchev–Trinajstić information content (AvgIpc) is 2.83. The second kappa shape index (κ2) is 15.6. The van der Waals surface area contributed by atoms with Gasteiger partial charge in [0.1, 0.15) is 0 Å². The van der Waals surface area contributed by atoms with Crippen molar-refractivity contribution >= 4 is 0 Å². The van der Waals surface area contributed by atoms with Gasteiger partial charge < -0.3 is 25.7 Å². The van der Waals surface area contributed by atoms with Gasteiger partial charge in [0.2, 0.25) is 0 Å². The van der Waals surface area contributed by atoms with Crippen molar-refractivity contribution in [2.75, 3.05) is 34.4 Å². The molecule has 0 spiro atoms. The van der Waals surface area contributed by atoms with Gasteiger partial charge in [-0.25, -0.2) is 0 Å². The molecule has 3 unspecified atom stereocenters. The van der Waals surface area contributed by atoms with E-state index in [1.165, 1.54) is 31.2 Å². The molecule has 0 aliphatic heterocycles. The van der Waals surface area contributed by atoms with Crippen LogP contribution in [-0.4, -0.2) is 40.4 Å². The lowest BCUT2D eigenvalue weighted by Crippen LogP contribution is -2.58. The lowest BCUT2D eigenvalue weighted by molar-refractivity contribution is -0.419. The van der Waals surface area contributed by atoms with E-state index in [1.807, 2.05) is 0 Å².